The molecule has 2 rings (SSSR count). The standard InChI is InChI=1S/C16H17NO4/c1-3-20-15(18)13(16(19)21-4-2)12-9-5-7-11-8-6-10-17-14(11)12/h5-10,13H,3-4H2,1-2H3. The Morgan fingerprint density at radius 1 is 1.05 bits per heavy atom. The van der Waals surface area contributed by atoms with Gasteiger partial charge in [0.05, 0.1) is 18.7 Å². The van der Waals surface area contributed by atoms with E-state index in [1.165, 1.54) is 0 Å². The summed E-state index contributed by atoms with van der Waals surface area (Å²) in [7, 11) is 0. The Morgan fingerprint density at radius 2 is 1.67 bits per heavy atom. The van der Waals surface area contributed by atoms with Crippen molar-refractivity contribution in [2.75, 3.05) is 13.2 Å². The van der Waals surface area contributed by atoms with Crippen LogP contribution in [0.4, 0.5) is 0 Å². The Morgan fingerprint density at radius 3 is 2.29 bits per heavy atom. The van der Waals surface area contributed by atoms with E-state index in [0.29, 0.717) is 11.1 Å². The Hall–Kier alpha value is -2.43. The molecule has 0 saturated carbocycles. The fraction of sp³-hybridized carbons (Fsp3) is 0.312. The highest BCUT2D eigenvalue weighted by molar-refractivity contribution is 6.04. The maximum atomic E-state index is 12.2. The number of carbonyl (C=O) groups is 2. The molecule has 110 valence electrons. The van der Waals surface area contributed by atoms with Crippen LogP contribution in [-0.2, 0) is 19.1 Å². The molecular weight excluding hydrogens is 270 g/mol. The van der Waals surface area contributed by atoms with Crippen LogP contribution in [-0.4, -0.2) is 30.1 Å². The van der Waals surface area contributed by atoms with E-state index < -0.39 is 17.9 Å². The number of ether oxygens (including phenoxy) is 2. The molecule has 5 heteroatoms. The van der Waals surface area contributed by atoms with Gasteiger partial charge in [0.25, 0.3) is 0 Å². The van der Waals surface area contributed by atoms with Crippen LogP contribution in [0.25, 0.3) is 10.9 Å². The lowest BCUT2D eigenvalue weighted by atomic mass is 9.96. The lowest BCUT2D eigenvalue weighted by Crippen LogP contribution is -2.26. The molecule has 0 bridgehead atoms. The summed E-state index contributed by atoms with van der Waals surface area (Å²) in [5.41, 5.74) is 1.11. The normalized spacial score (nSPS) is 10.6. The first-order valence-corrected chi connectivity index (χ1v) is 6.86. The molecule has 0 aliphatic rings. The van der Waals surface area contributed by atoms with Crippen molar-refractivity contribution in [3.63, 3.8) is 0 Å². The largest absolute Gasteiger partial charge is 0.465 e. The topological polar surface area (TPSA) is 65.5 Å². The molecule has 5 nitrogen and oxygen atoms in total. The van der Waals surface area contributed by atoms with Gasteiger partial charge in [-0.3, -0.25) is 14.6 Å². The van der Waals surface area contributed by atoms with Crippen molar-refractivity contribution in [3.05, 3.63) is 42.1 Å². The molecule has 1 aromatic carbocycles. The summed E-state index contributed by atoms with van der Waals surface area (Å²) in [5, 5.41) is 0.855. The van der Waals surface area contributed by atoms with Gasteiger partial charge in [0.15, 0.2) is 5.92 Å². The average Bonchev–Trinajstić information content (AvgIpc) is 2.48. The van der Waals surface area contributed by atoms with E-state index in [4.69, 9.17) is 9.47 Å². The fourth-order valence-electron chi connectivity index (χ4n) is 2.16. The second-order valence-corrected chi connectivity index (χ2v) is 4.36. The average molecular weight is 287 g/mol. The number of esters is 2. The Bertz CT molecular complexity index is 630. The van der Waals surface area contributed by atoms with Gasteiger partial charge in [-0.05, 0) is 19.9 Å². The summed E-state index contributed by atoms with van der Waals surface area (Å²) >= 11 is 0. The van der Waals surface area contributed by atoms with E-state index in [2.05, 4.69) is 4.98 Å². The van der Waals surface area contributed by atoms with Gasteiger partial charge in [-0.1, -0.05) is 24.3 Å². The van der Waals surface area contributed by atoms with Crippen LogP contribution in [0, 0.1) is 0 Å². The van der Waals surface area contributed by atoms with Crippen LogP contribution in [0.5, 0.6) is 0 Å². The van der Waals surface area contributed by atoms with Gasteiger partial charge in [0.2, 0.25) is 0 Å². The maximum absolute atomic E-state index is 12.2. The zero-order valence-corrected chi connectivity index (χ0v) is 12.0. The molecule has 0 aliphatic heterocycles. The Balaban J connectivity index is 2.52. The summed E-state index contributed by atoms with van der Waals surface area (Å²) in [4.78, 5) is 28.6. The van der Waals surface area contributed by atoms with Crippen LogP contribution >= 0.6 is 0 Å². The number of aromatic nitrogens is 1. The number of rotatable bonds is 5. The summed E-state index contributed by atoms with van der Waals surface area (Å²) in [6.45, 7) is 3.79. The summed E-state index contributed by atoms with van der Waals surface area (Å²) in [5.74, 6) is -2.34. The van der Waals surface area contributed by atoms with Crippen LogP contribution < -0.4 is 0 Å². The van der Waals surface area contributed by atoms with E-state index in [9.17, 15) is 9.59 Å². The number of hydrogen-bond donors (Lipinski definition) is 0. The molecule has 2 aromatic rings. The number of pyridine rings is 1. The van der Waals surface area contributed by atoms with E-state index in [0.717, 1.165) is 5.39 Å². The zero-order chi connectivity index (χ0) is 15.2. The fourth-order valence-corrected chi connectivity index (χ4v) is 2.16. The van der Waals surface area contributed by atoms with Crippen molar-refractivity contribution in [1.82, 2.24) is 4.98 Å². The first-order valence-electron chi connectivity index (χ1n) is 6.86. The maximum Gasteiger partial charge on any atom is 0.324 e. The molecule has 0 spiro atoms. The highest BCUT2D eigenvalue weighted by Crippen LogP contribution is 2.26. The quantitative estimate of drug-likeness (QED) is 0.624. The molecule has 1 heterocycles. The summed E-state index contributed by atoms with van der Waals surface area (Å²) in [6, 6.07) is 9.03. The smallest absolute Gasteiger partial charge is 0.324 e. The van der Waals surface area contributed by atoms with Gasteiger partial charge in [-0.25, -0.2) is 0 Å². The number of fused-ring (bicyclic) bond motifs is 1. The molecule has 0 radical (unpaired) electrons. The predicted molar refractivity (Wildman–Crippen MR) is 77.8 cm³/mol. The van der Waals surface area contributed by atoms with Crippen molar-refractivity contribution in [2.45, 2.75) is 19.8 Å². The van der Waals surface area contributed by atoms with Crippen LogP contribution in [0.1, 0.15) is 25.3 Å². The lowest BCUT2D eigenvalue weighted by Gasteiger charge is -2.16. The number of benzene rings is 1. The Kier molecular flexibility index (Phi) is 4.87. The molecule has 0 aliphatic carbocycles. The van der Waals surface area contributed by atoms with Gasteiger partial charge in [-0.15, -0.1) is 0 Å². The number of para-hydroxylation sites is 1. The van der Waals surface area contributed by atoms with Gasteiger partial charge >= 0.3 is 11.9 Å². The third-order valence-electron chi connectivity index (χ3n) is 3.02. The molecule has 0 atom stereocenters. The lowest BCUT2D eigenvalue weighted by molar-refractivity contribution is -0.156. The molecule has 0 N–H and O–H groups in total. The highest BCUT2D eigenvalue weighted by atomic mass is 16.6. The van der Waals surface area contributed by atoms with Crippen LogP contribution in [0.3, 0.4) is 0 Å². The van der Waals surface area contributed by atoms with E-state index >= 15 is 0 Å². The molecular formula is C16H17NO4. The number of nitrogens with zero attached hydrogens (tertiary/aromatic N) is 1. The minimum atomic E-state index is -1.11. The van der Waals surface area contributed by atoms with Crippen LogP contribution in [0.15, 0.2) is 36.5 Å². The number of hydrogen-bond acceptors (Lipinski definition) is 5. The first kappa shape index (κ1) is 15.0. The SMILES string of the molecule is CCOC(=O)C(C(=O)OCC)c1cccc2cccnc12. The second kappa shape index (κ2) is 6.83. The highest BCUT2D eigenvalue weighted by Gasteiger charge is 2.33. The second-order valence-electron chi connectivity index (χ2n) is 4.36. The summed E-state index contributed by atoms with van der Waals surface area (Å²) in [6.07, 6.45) is 1.62. The molecule has 0 saturated heterocycles. The third-order valence-corrected chi connectivity index (χ3v) is 3.02. The van der Waals surface area contributed by atoms with Crippen molar-refractivity contribution >= 4 is 22.8 Å². The third kappa shape index (κ3) is 3.18. The van der Waals surface area contributed by atoms with Gasteiger partial charge in [0.1, 0.15) is 0 Å². The molecule has 1 aromatic heterocycles. The van der Waals surface area contributed by atoms with Crippen molar-refractivity contribution in [1.29, 1.82) is 0 Å². The van der Waals surface area contributed by atoms with E-state index in [1.807, 2.05) is 12.1 Å². The van der Waals surface area contributed by atoms with Gasteiger partial charge in [-0.2, -0.15) is 0 Å². The Labute approximate surface area is 122 Å². The van der Waals surface area contributed by atoms with Crippen LogP contribution in [0.2, 0.25) is 0 Å². The van der Waals surface area contributed by atoms with Gasteiger partial charge < -0.3 is 9.47 Å². The molecule has 0 amide bonds. The summed E-state index contributed by atoms with van der Waals surface area (Å²) < 4.78 is 10.0. The molecule has 0 unspecified atom stereocenters. The zero-order valence-electron chi connectivity index (χ0n) is 12.0. The minimum absolute atomic E-state index is 0.201. The predicted octanol–water partition coefficient (Wildman–Crippen LogP) is 2.44. The van der Waals surface area contributed by atoms with E-state index in [1.54, 1.807) is 38.2 Å². The number of carbonyl (C=O) groups excluding carboxylic acids is 2. The van der Waals surface area contributed by atoms with Crippen molar-refractivity contribution in [2.24, 2.45) is 0 Å². The monoisotopic (exact) mass is 287 g/mol. The minimum Gasteiger partial charge on any atom is -0.465 e. The molecule has 0 fully saturated rings. The van der Waals surface area contributed by atoms with Gasteiger partial charge in [0, 0.05) is 17.1 Å². The van der Waals surface area contributed by atoms with E-state index in [-0.39, 0.29) is 13.2 Å². The van der Waals surface area contributed by atoms with Crippen molar-refractivity contribution < 1.29 is 19.1 Å². The molecule has 21 heavy (non-hydrogen) atoms. The first-order chi connectivity index (χ1) is 10.2. The van der Waals surface area contributed by atoms with Crippen molar-refractivity contribution in [3.8, 4) is 0 Å².